The number of terminal acetylenes is 1. The highest BCUT2D eigenvalue weighted by molar-refractivity contribution is 5.82. The molecule has 19 heavy (non-hydrogen) atoms. The first kappa shape index (κ1) is 15.3. The van der Waals surface area contributed by atoms with Gasteiger partial charge in [-0.25, -0.2) is 4.79 Å². The Labute approximate surface area is 115 Å². The number of carbonyl (C=O) groups is 1. The van der Waals surface area contributed by atoms with Crippen LogP contribution in [0.5, 0.6) is 0 Å². The summed E-state index contributed by atoms with van der Waals surface area (Å²) in [7, 11) is 1.40. The largest absolute Gasteiger partial charge is 0.467 e. The summed E-state index contributed by atoms with van der Waals surface area (Å²) in [5, 5.41) is 3.17. The Morgan fingerprint density at radius 3 is 2.53 bits per heavy atom. The van der Waals surface area contributed by atoms with Gasteiger partial charge in [0.05, 0.1) is 13.7 Å². The Balaban J connectivity index is 3.25. The minimum Gasteiger partial charge on any atom is -0.467 e. The Morgan fingerprint density at radius 1 is 1.42 bits per heavy atom. The van der Waals surface area contributed by atoms with Gasteiger partial charge in [-0.1, -0.05) is 50.1 Å². The predicted octanol–water partition coefficient (Wildman–Crippen LogP) is 2.32. The van der Waals surface area contributed by atoms with Crippen molar-refractivity contribution in [2.75, 3.05) is 13.7 Å². The van der Waals surface area contributed by atoms with Crippen LogP contribution in [-0.2, 0) is 15.1 Å². The number of ether oxygens (including phenoxy) is 1. The van der Waals surface area contributed by atoms with Crippen LogP contribution in [0.2, 0.25) is 0 Å². The number of nitrogens with one attached hydrogen (secondary N) is 1. The number of hydrogen-bond acceptors (Lipinski definition) is 3. The van der Waals surface area contributed by atoms with Gasteiger partial charge in [0.2, 0.25) is 0 Å². The molecule has 0 radical (unpaired) electrons. The van der Waals surface area contributed by atoms with Crippen molar-refractivity contribution in [1.82, 2.24) is 5.32 Å². The lowest BCUT2D eigenvalue weighted by atomic mass is 9.82. The van der Waals surface area contributed by atoms with Crippen LogP contribution in [0.1, 0.15) is 25.8 Å². The molecule has 0 bridgehead atoms. The van der Waals surface area contributed by atoms with Crippen molar-refractivity contribution in [3.63, 3.8) is 0 Å². The quantitative estimate of drug-likeness (QED) is 0.629. The van der Waals surface area contributed by atoms with E-state index in [2.05, 4.69) is 25.1 Å². The van der Waals surface area contributed by atoms with E-state index in [4.69, 9.17) is 11.2 Å². The molecule has 0 aromatic heterocycles. The van der Waals surface area contributed by atoms with Crippen LogP contribution >= 0.6 is 0 Å². The predicted molar refractivity (Wildman–Crippen MR) is 76.4 cm³/mol. The fourth-order valence-electron chi connectivity index (χ4n) is 2.28. The van der Waals surface area contributed by atoms with Crippen molar-refractivity contribution >= 4 is 5.97 Å². The second-order valence-corrected chi connectivity index (χ2v) is 4.92. The van der Waals surface area contributed by atoms with Gasteiger partial charge in [0, 0.05) is 0 Å². The van der Waals surface area contributed by atoms with Crippen molar-refractivity contribution in [2.45, 2.75) is 25.8 Å². The summed E-state index contributed by atoms with van der Waals surface area (Å²) in [5.41, 5.74) is 0.00194. The molecular weight excluding hydrogens is 238 g/mol. The summed E-state index contributed by atoms with van der Waals surface area (Å²) in [6, 6.07) is 9.57. The number of hydrogen-bond donors (Lipinski definition) is 1. The molecule has 0 amide bonds. The van der Waals surface area contributed by atoms with E-state index in [0.717, 1.165) is 5.56 Å². The SMILES string of the molecule is C#CCNC(CC(C)C)(C(=O)OC)c1ccccc1. The molecule has 1 rings (SSSR count). The fourth-order valence-corrected chi connectivity index (χ4v) is 2.28. The third-order valence-corrected chi connectivity index (χ3v) is 3.01. The van der Waals surface area contributed by atoms with Crippen molar-refractivity contribution in [1.29, 1.82) is 0 Å². The first-order chi connectivity index (χ1) is 9.06. The highest BCUT2D eigenvalue weighted by Gasteiger charge is 2.41. The Bertz CT molecular complexity index is 448. The molecule has 1 atom stereocenters. The van der Waals surface area contributed by atoms with Gasteiger partial charge >= 0.3 is 5.97 Å². The fraction of sp³-hybridized carbons (Fsp3) is 0.438. The average Bonchev–Trinajstić information content (AvgIpc) is 2.43. The van der Waals surface area contributed by atoms with E-state index in [-0.39, 0.29) is 5.97 Å². The first-order valence-electron chi connectivity index (χ1n) is 6.39. The van der Waals surface area contributed by atoms with E-state index in [1.165, 1.54) is 7.11 Å². The van der Waals surface area contributed by atoms with Gasteiger partial charge < -0.3 is 4.74 Å². The van der Waals surface area contributed by atoms with Crippen molar-refractivity contribution in [3.05, 3.63) is 35.9 Å². The maximum atomic E-state index is 12.3. The summed E-state index contributed by atoms with van der Waals surface area (Å²) in [4.78, 5) is 12.3. The zero-order valence-electron chi connectivity index (χ0n) is 11.8. The van der Waals surface area contributed by atoms with Crippen molar-refractivity contribution in [2.24, 2.45) is 5.92 Å². The van der Waals surface area contributed by atoms with Crippen LogP contribution < -0.4 is 5.32 Å². The number of rotatable bonds is 6. The molecule has 102 valence electrons. The highest BCUT2D eigenvalue weighted by atomic mass is 16.5. The van der Waals surface area contributed by atoms with Crippen LogP contribution in [0.4, 0.5) is 0 Å². The zero-order chi connectivity index (χ0) is 14.3. The van der Waals surface area contributed by atoms with Gasteiger partial charge in [0.1, 0.15) is 5.54 Å². The molecule has 0 aliphatic heterocycles. The summed E-state index contributed by atoms with van der Waals surface area (Å²) in [6.07, 6.45) is 5.95. The standard InChI is InChI=1S/C16H21NO2/c1-5-11-17-16(12-13(2)3,15(18)19-4)14-9-7-6-8-10-14/h1,6-10,13,17H,11-12H2,2-4H3. The van der Waals surface area contributed by atoms with Gasteiger partial charge in [-0.15, -0.1) is 6.42 Å². The molecule has 0 aliphatic rings. The molecule has 3 heteroatoms. The number of carbonyl (C=O) groups excluding carboxylic acids is 1. The Kier molecular flexibility index (Phi) is 5.59. The van der Waals surface area contributed by atoms with Crippen LogP contribution in [0.25, 0.3) is 0 Å². The van der Waals surface area contributed by atoms with Gasteiger partial charge in [-0.2, -0.15) is 0 Å². The molecule has 3 nitrogen and oxygen atoms in total. The second-order valence-electron chi connectivity index (χ2n) is 4.92. The lowest BCUT2D eigenvalue weighted by molar-refractivity contribution is -0.150. The lowest BCUT2D eigenvalue weighted by Crippen LogP contribution is -2.51. The maximum absolute atomic E-state index is 12.3. The molecule has 0 saturated heterocycles. The maximum Gasteiger partial charge on any atom is 0.330 e. The van der Waals surface area contributed by atoms with Crippen LogP contribution in [-0.4, -0.2) is 19.6 Å². The van der Waals surface area contributed by atoms with Crippen LogP contribution in [0.15, 0.2) is 30.3 Å². The van der Waals surface area contributed by atoms with Gasteiger partial charge in [0.15, 0.2) is 0 Å². The highest BCUT2D eigenvalue weighted by Crippen LogP contribution is 2.30. The van der Waals surface area contributed by atoms with E-state index in [0.29, 0.717) is 18.9 Å². The molecular formula is C16H21NO2. The van der Waals surface area contributed by atoms with Crippen LogP contribution in [0.3, 0.4) is 0 Å². The molecule has 1 N–H and O–H groups in total. The molecule has 0 spiro atoms. The summed E-state index contributed by atoms with van der Waals surface area (Å²) in [5.74, 6) is 2.55. The monoisotopic (exact) mass is 259 g/mol. The first-order valence-corrected chi connectivity index (χ1v) is 6.39. The van der Waals surface area contributed by atoms with Crippen LogP contribution in [0, 0.1) is 18.3 Å². The van der Waals surface area contributed by atoms with E-state index in [9.17, 15) is 4.79 Å². The van der Waals surface area contributed by atoms with Crippen molar-refractivity contribution in [3.8, 4) is 12.3 Å². The minimum absolute atomic E-state index is 0.303. The van der Waals surface area contributed by atoms with E-state index in [1.807, 2.05) is 30.3 Å². The molecule has 1 aromatic rings. The lowest BCUT2D eigenvalue weighted by Gasteiger charge is -2.33. The molecule has 0 aliphatic carbocycles. The summed E-state index contributed by atoms with van der Waals surface area (Å²) >= 11 is 0. The van der Waals surface area contributed by atoms with Gasteiger partial charge in [-0.05, 0) is 17.9 Å². The van der Waals surface area contributed by atoms with E-state index >= 15 is 0 Å². The van der Waals surface area contributed by atoms with Gasteiger partial charge in [-0.3, -0.25) is 5.32 Å². The average molecular weight is 259 g/mol. The molecule has 1 unspecified atom stereocenters. The van der Waals surface area contributed by atoms with E-state index < -0.39 is 5.54 Å². The van der Waals surface area contributed by atoms with Gasteiger partial charge in [0.25, 0.3) is 0 Å². The number of esters is 1. The smallest absolute Gasteiger partial charge is 0.330 e. The normalized spacial score (nSPS) is 13.6. The second kappa shape index (κ2) is 6.96. The summed E-state index contributed by atoms with van der Waals surface area (Å²) in [6.45, 7) is 4.45. The molecule has 0 fully saturated rings. The number of methoxy groups -OCH3 is 1. The zero-order valence-corrected chi connectivity index (χ0v) is 11.8. The Hall–Kier alpha value is -1.79. The molecule has 0 saturated carbocycles. The number of benzene rings is 1. The Morgan fingerprint density at radius 2 is 2.05 bits per heavy atom. The summed E-state index contributed by atoms with van der Waals surface area (Å²) < 4.78 is 5.00. The third kappa shape index (κ3) is 3.59. The topological polar surface area (TPSA) is 38.3 Å². The minimum atomic E-state index is -0.878. The molecule has 1 aromatic carbocycles. The van der Waals surface area contributed by atoms with E-state index in [1.54, 1.807) is 0 Å². The molecule has 0 heterocycles. The van der Waals surface area contributed by atoms with Crippen molar-refractivity contribution < 1.29 is 9.53 Å². The third-order valence-electron chi connectivity index (χ3n) is 3.01.